The molecule has 0 aliphatic heterocycles. The number of carbonyl (C=O) groups is 2. The van der Waals surface area contributed by atoms with E-state index in [0.717, 1.165) is 0 Å². The van der Waals surface area contributed by atoms with Gasteiger partial charge in [0.25, 0.3) is 11.8 Å². The Kier molecular flexibility index (Phi) is 9.77. The first-order valence-electron chi connectivity index (χ1n) is 10.6. The maximum atomic E-state index is 12.5. The van der Waals surface area contributed by atoms with E-state index in [9.17, 15) is 14.9 Å². The van der Waals surface area contributed by atoms with Gasteiger partial charge in [-0.1, -0.05) is 29.3 Å². The number of hydrogen-bond donors (Lipinski definition) is 2. The Morgan fingerprint density at radius 2 is 1.69 bits per heavy atom. The molecule has 0 saturated heterocycles. The van der Waals surface area contributed by atoms with Gasteiger partial charge in [-0.2, -0.15) is 5.26 Å². The van der Waals surface area contributed by atoms with E-state index >= 15 is 0 Å². The minimum Gasteiger partial charge on any atom is -0.494 e. The van der Waals surface area contributed by atoms with E-state index in [1.165, 1.54) is 12.1 Å². The summed E-state index contributed by atoms with van der Waals surface area (Å²) in [5.41, 5.74) is 1.54. The van der Waals surface area contributed by atoms with Gasteiger partial charge in [0.2, 0.25) is 0 Å². The molecular formula is C26H20BrCl2N3O4. The molecule has 0 aromatic heterocycles. The monoisotopic (exact) mass is 587 g/mol. The molecule has 0 bridgehead atoms. The summed E-state index contributed by atoms with van der Waals surface area (Å²) >= 11 is 15.2. The fraction of sp³-hybridized carbons (Fsp3) is 0.115. The smallest absolute Gasteiger partial charge is 0.266 e. The Hall–Kier alpha value is -3.51. The number of rotatable bonds is 9. The fourth-order valence-corrected chi connectivity index (χ4v) is 3.76. The molecule has 0 heterocycles. The van der Waals surface area contributed by atoms with Crippen LogP contribution in [0.25, 0.3) is 6.08 Å². The second-order valence-electron chi connectivity index (χ2n) is 7.24. The van der Waals surface area contributed by atoms with Crippen molar-refractivity contribution >= 4 is 68.4 Å². The molecule has 10 heteroatoms. The quantitative estimate of drug-likeness (QED) is 0.213. The Labute approximate surface area is 226 Å². The lowest BCUT2D eigenvalue weighted by molar-refractivity contribution is -0.118. The lowest BCUT2D eigenvalue weighted by atomic mass is 10.1. The molecule has 36 heavy (non-hydrogen) atoms. The predicted molar refractivity (Wildman–Crippen MR) is 145 cm³/mol. The maximum Gasteiger partial charge on any atom is 0.266 e. The van der Waals surface area contributed by atoms with Crippen LogP contribution in [0.5, 0.6) is 11.5 Å². The Bertz CT molecular complexity index is 1340. The van der Waals surface area contributed by atoms with Crippen molar-refractivity contribution in [1.82, 2.24) is 0 Å². The number of carbonyl (C=O) groups excluding carboxylic acids is 2. The highest BCUT2D eigenvalue weighted by Crippen LogP contribution is 2.28. The van der Waals surface area contributed by atoms with Gasteiger partial charge in [0.1, 0.15) is 23.1 Å². The third kappa shape index (κ3) is 7.75. The first-order chi connectivity index (χ1) is 17.3. The highest BCUT2D eigenvalue weighted by Gasteiger charge is 2.12. The molecule has 0 radical (unpaired) electrons. The van der Waals surface area contributed by atoms with Crippen molar-refractivity contribution in [2.24, 2.45) is 0 Å². The van der Waals surface area contributed by atoms with Crippen molar-refractivity contribution in [3.8, 4) is 17.6 Å². The average molecular weight is 589 g/mol. The van der Waals surface area contributed by atoms with Gasteiger partial charge < -0.3 is 20.1 Å². The summed E-state index contributed by atoms with van der Waals surface area (Å²) in [7, 11) is 0. The third-order valence-corrected chi connectivity index (χ3v) is 5.98. The summed E-state index contributed by atoms with van der Waals surface area (Å²) in [5, 5.41) is 15.5. The number of hydrogen-bond acceptors (Lipinski definition) is 5. The summed E-state index contributed by atoms with van der Waals surface area (Å²) in [6.45, 7) is 2.17. The van der Waals surface area contributed by atoms with Crippen molar-refractivity contribution in [2.45, 2.75) is 6.92 Å². The molecule has 3 rings (SSSR count). The molecule has 0 unspecified atom stereocenters. The molecule has 0 aliphatic carbocycles. The van der Waals surface area contributed by atoms with Crippen LogP contribution in [0.4, 0.5) is 11.4 Å². The lowest BCUT2D eigenvalue weighted by Crippen LogP contribution is -2.20. The van der Waals surface area contributed by atoms with Crippen LogP contribution in [0.15, 0.2) is 70.7 Å². The van der Waals surface area contributed by atoms with Crippen LogP contribution in [0, 0.1) is 11.3 Å². The van der Waals surface area contributed by atoms with Crippen LogP contribution in [-0.4, -0.2) is 25.0 Å². The van der Waals surface area contributed by atoms with Crippen LogP contribution in [0.2, 0.25) is 10.0 Å². The van der Waals surface area contributed by atoms with Crippen molar-refractivity contribution in [3.05, 3.63) is 86.3 Å². The number of ether oxygens (including phenoxy) is 2. The zero-order valence-electron chi connectivity index (χ0n) is 19.0. The van der Waals surface area contributed by atoms with Gasteiger partial charge in [-0.3, -0.25) is 9.59 Å². The molecule has 3 aromatic rings. The van der Waals surface area contributed by atoms with Crippen LogP contribution < -0.4 is 20.1 Å². The van der Waals surface area contributed by atoms with Crippen molar-refractivity contribution in [2.75, 3.05) is 23.8 Å². The van der Waals surface area contributed by atoms with Gasteiger partial charge in [0.15, 0.2) is 6.61 Å². The van der Waals surface area contributed by atoms with E-state index in [1.807, 2.05) is 13.0 Å². The molecule has 0 saturated carbocycles. The number of nitrogens with one attached hydrogen (secondary N) is 2. The number of nitrogens with zero attached hydrogens (tertiary/aromatic N) is 1. The molecule has 2 amide bonds. The Balaban J connectivity index is 1.61. The highest BCUT2D eigenvalue weighted by atomic mass is 79.9. The Morgan fingerprint density at radius 1 is 0.972 bits per heavy atom. The van der Waals surface area contributed by atoms with Crippen molar-refractivity contribution in [1.29, 1.82) is 5.26 Å². The van der Waals surface area contributed by atoms with Gasteiger partial charge in [-0.15, -0.1) is 0 Å². The summed E-state index contributed by atoms with van der Waals surface area (Å²) < 4.78 is 11.5. The second-order valence-corrected chi connectivity index (χ2v) is 8.91. The highest BCUT2D eigenvalue weighted by molar-refractivity contribution is 9.10. The summed E-state index contributed by atoms with van der Waals surface area (Å²) in [6, 6.07) is 18.5. The van der Waals surface area contributed by atoms with Crippen molar-refractivity contribution < 1.29 is 19.1 Å². The molecule has 0 spiro atoms. The van der Waals surface area contributed by atoms with E-state index in [2.05, 4.69) is 26.6 Å². The second kappa shape index (κ2) is 13.0. The van der Waals surface area contributed by atoms with E-state index in [-0.39, 0.29) is 18.1 Å². The standard InChI is InChI=1S/C26H20BrCl2N3O4/c1-2-35-20-7-4-18(5-8-20)32-26(34)17(14-30)11-16-3-10-24(21(27)12-16)36-15-25(33)31-19-6-9-22(28)23(29)13-19/h3-13H,2,15H2,1H3,(H,31,33)(H,32,34)/b17-11+. The summed E-state index contributed by atoms with van der Waals surface area (Å²) in [6.07, 6.45) is 1.45. The number of anilines is 2. The minimum absolute atomic E-state index is 0.0783. The normalized spacial score (nSPS) is 10.8. The molecule has 184 valence electrons. The number of benzene rings is 3. The Morgan fingerprint density at radius 3 is 2.33 bits per heavy atom. The number of amides is 2. The van der Waals surface area contributed by atoms with E-state index < -0.39 is 5.91 Å². The fourth-order valence-electron chi connectivity index (χ4n) is 2.95. The van der Waals surface area contributed by atoms with Crippen LogP contribution in [0.3, 0.4) is 0 Å². The number of halogens is 3. The van der Waals surface area contributed by atoms with Gasteiger partial charge in [-0.25, -0.2) is 0 Å². The summed E-state index contributed by atoms with van der Waals surface area (Å²) in [4.78, 5) is 24.7. The molecule has 3 aromatic carbocycles. The average Bonchev–Trinajstić information content (AvgIpc) is 2.85. The zero-order chi connectivity index (χ0) is 26.1. The number of nitriles is 1. The van der Waals surface area contributed by atoms with E-state index in [4.69, 9.17) is 32.7 Å². The molecule has 0 fully saturated rings. The molecule has 0 aliphatic rings. The van der Waals surface area contributed by atoms with Crippen LogP contribution in [-0.2, 0) is 9.59 Å². The van der Waals surface area contributed by atoms with E-state index in [1.54, 1.807) is 54.6 Å². The zero-order valence-corrected chi connectivity index (χ0v) is 22.1. The van der Waals surface area contributed by atoms with Gasteiger partial charge in [-0.05, 0) is 89.1 Å². The van der Waals surface area contributed by atoms with Gasteiger partial charge in [0, 0.05) is 11.4 Å². The topological polar surface area (TPSA) is 100 Å². The molecule has 2 N–H and O–H groups in total. The first kappa shape index (κ1) is 27.1. The predicted octanol–water partition coefficient (Wildman–Crippen LogP) is 6.72. The molecular weight excluding hydrogens is 569 g/mol. The third-order valence-electron chi connectivity index (χ3n) is 4.62. The van der Waals surface area contributed by atoms with Crippen molar-refractivity contribution in [3.63, 3.8) is 0 Å². The van der Waals surface area contributed by atoms with Gasteiger partial charge in [0.05, 0.1) is 21.1 Å². The lowest BCUT2D eigenvalue weighted by Gasteiger charge is -2.10. The van der Waals surface area contributed by atoms with Crippen LogP contribution in [0.1, 0.15) is 12.5 Å². The first-order valence-corrected chi connectivity index (χ1v) is 12.2. The largest absolute Gasteiger partial charge is 0.494 e. The molecule has 7 nitrogen and oxygen atoms in total. The minimum atomic E-state index is -0.544. The SMILES string of the molecule is CCOc1ccc(NC(=O)/C(C#N)=C/c2ccc(OCC(=O)Nc3ccc(Cl)c(Cl)c3)c(Br)c2)cc1. The van der Waals surface area contributed by atoms with Crippen LogP contribution >= 0.6 is 39.1 Å². The molecule has 0 atom stereocenters. The maximum absolute atomic E-state index is 12.5. The van der Waals surface area contributed by atoms with Gasteiger partial charge >= 0.3 is 0 Å². The van der Waals surface area contributed by atoms with E-state index in [0.29, 0.717) is 49.6 Å². The summed E-state index contributed by atoms with van der Waals surface area (Å²) in [5.74, 6) is 0.165.